The predicted molar refractivity (Wildman–Crippen MR) is 113 cm³/mol. The SMILES string of the molecule is COc1cc(OC)cc(C(=O)N2CCC(C(=O)Nc3cccc(Cl)c3C)CC2)c1. The minimum Gasteiger partial charge on any atom is -0.497 e. The van der Waals surface area contributed by atoms with E-state index in [9.17, 15) is 9.59 Å². The van der Waals surface area contributed by atoms with Crippen molar-refractivity contribution in [2.45, 2.75) is 19.8 Å². The van der Waals surface area contributed by atoms with E-state index in [1.165, 1.54) is 0 Å². The Labute approximate surface area is 175 Å². The zero-order valence-electron chi connectivity index (χ0n) is 16.8. The third-order valence-electron chi connectivity index (χ3n) is 5.28. The van der Waals surface area contributed by atoms with Gasteiger partial charge in [0.05, 0.1) is 14.2 Å². The van der Waals surface area contributed by atoms with Crippen molar-refractivity contribution in [2.24, 2.45) is 5.92 Å². The number of hydrogen-bond acceptors (Lipinski definition) is 4. The van der Waals surface area contributed by atoms with Crippen molar-refractivity contribution in [3.63, 3.8) is 0 Å². The maximum atomic E-state index is 12.9. The number of likely N-dealkylation sites (tertiary alicyclic amines) is 1. The highest BCUT2D eigenvalue weighted by atomic mass is 35.5. The molecule has 1 saturated heterocycles. The number of anilines is 1. The molecule has 2 aromatic carbocycles. The Bertz CT molecular complexity index is 885. The summed E-state index contributed by atoms with van der Waals surface area (Å²) in [6, 6.07) is 10.6. The van der Waals surface area contributed by atoms with Crippen molar-refractivity contribution < 1.29 is 19.1 Å². The van der Waals surface area contributed by atoms with Gasteiger partial charge in [-0.1, -0.05) is 17.7 Å². The van der Waals surface area contributed by atoms with Crippen LogP contribution in [-0.4, -0.2) is 44.0 Å². The molecule has 0 aliphatic carbocycles. The van der Waals surface area contributed by atoms with Crippen molar-refractivity contribution >= 4 is 29.1 Å². The van der Waals surface area contributed by atoms with Crippen LogP contribution in [0.5, 0.6) is 11.5 Å². The molecule has 1 aliphatic heterocycles. The number of halogens is 1. The standard InChI is InChI=1S/C22H25ClN2O4/c1-14-19(23)5-4-6-20(14)24-21(26)15-7-9-25(10-8-15)22(27)16-11-17(28-2)13-18(12-16)29-3/h4-6,11-13,15H,7-10H2,1-3H3,(H,24,26). The Morgan fingerprint density at radius 2 is 1.69 bits per heavy atom. The predicted octanol–water partition coefficient (Wildman–Crippen LogP) is 4.16. The molecule has 2 aromatic rings. The van der Waals surface area contributed by atoms with Crippen LogP contribution in [-0.2, 0) is 4.79 Å². The minimum absolute atomic E-state index is 0.0366. The maximum absolute atomic E-state index is 12.9. The number of nitrogens with zero attached hydrogens (tertiary/aromatic N) is 1. The van der Waals surface area contributed by atoms with Gasteiger partial charge in [-0.2, -0.15) is 0 Å². The van der Waals surface area contributed by atoms with E-state index in [1.54, 1.807) is 43.4 Å². The fraction of sp³-hybridized carbons (Fsp3) is 0.364. The highest BCUT2D eigenvalue weighted by Crippen LogP contribution is 2.27. The molecule has 1 heterocycles. The van der Waals surface area contributed by atoms with Crippen LogP contribution in [0.1, 0.15) is 28.8 Å². The van der Waals surface area contributed by atoms with Gasteiger partial charge in [-0.05, 0) is 49.6 Å². The molecule has 154 valence electrons. The number of carbonyl (C=O) groups is 2. The van der Waals surface area contributed by atoms with Gasteiger partial charge in [0.2, 0.25) is 5.91 Å². The highest BCUT2D eigenvalue weighted by Gasteiger charge is 2.28. The van der Waals surface area contributed by atoms with E-state index in [-0.39, 0.29) is 17.7 Å². The average molecular weight is 417 g/mol. The summed E-state index contributed by atoms with van der Waals surface area (Å²) >= 11 is 6.13. The van der Waals surface area contributed by atoms with E-state index in [2.05, 4.69) is 5.32 Å². The second kappa shape index (κ2) is 9.18. The number of piperidine rings is 1. The molecular formula is C22H25ClN2O4. The molecule has 7 heteroatoms. The number of amides is 2. The van der Waals surface area contributed by atoms with Gasteiger partial charge < -0.3 is 19.7 Å². The molecule has 0 atom stereocenters. The smallest absolute Gasteiger partial charge is 0.254 e. The lowest BCUT2D eigenvalue weighted by Gasteiger charge is -2.31. The second-order valence-corrected chi connectivity index (χ2v) is 7.48. The van der Waals surface area contributed by atoms with Gasteiger partial charge in [0, 0.05) is 41.3 Å². The Morgan fingerprint density at radius 1 is 1.07 bits per heavy atom. The lowest BCUT2D eigenvalue weighted by molar-refractivity contribution is -0.121. The van der Waals surface area contributed by atoms with Crippen LogP contribution in [0.3, 0.4) is 0 Å². The molecule has 0 unspecified atom stereocenters. The molecule has 0 radical (unpaired) electrons. The fourth-order valence-corrected chi connectivity index (χ4v) is 3.61. The monoisotopic (exact) mass is 416 g/mol. The van der Waals surface area contributed by atoms with E-state index >= 15 is 0 Å². The molecule has 2 amide bonds. The number of methoxy groups -OCH3 is 2. The number of ether oxygens (including phenoxy) is 2. The van der Waals surface area contributed by atoms with Crippen molar-refractivity contribution in [1.29, 1.82) is 0 Å². The van der Waals surface area contributed by atoms with E-state index in [0.29, 0.717) is 48.0 Å². The first-order valence-electron chi connectivity index (χ1n) is 9.51. The summed E-state index contributed by atoms with van der Waals surface area (Å²) < 4.78 is 10.5. The van der Waals surface area contributed by atoms with Crippen LogP contribution < -0.4 is 14.8 Å². The molecule has 0 saturated carbocycles. The van der Waals surface area contributed by atoms with Crippen LogP contribution in [0.25, 0.3) is 0 Å². The van der Waals surface area contributed by atoms with Gasteiger partial charge >= 0.3 is 0 Å². The summed E-state index contributed by atoms with van der Waals surface area (Å²) in [6.07, 6.45) is 1.22. The molecule has 1 aliphatic rings. The van der Waals surface area contributed by atoms with Crippen LogP contribution in [0, 0.1) is 12.8 Å². The van der Waals surface area contributed by atoms with Gasteiger partial charge in [-0.25, -0.2) is 0 Å². The molecule has 1 N–H and O–H groups in total. The summed E-state index contributed by atoms with van der Waals surface area (Å²) in [5, 5.41) is 3.59. The quantitative estimate of drug-likeness (QED) is 0.794. The summed E-state index contributed by atoms with van der Waals surface area (Å²) in [5.41, 5.74) is 2.09. The van der Waals surface area contributed by atoms with Crippen molar-refractivity contribution in [2.75, 3.05) is 32.6 Å². The van der Waals surface area contributed by atoms with Crippen molar-refractivity contribution in [3.8, 4) is 11.5 Å². The molecule has 3 rings (SSSR count). The van der Waals surface area contributed by atoms with E-state index < -0.39 is 0 Å². The lowest BCUT2D eigenvalue weighted by Crippen LogP contribution is -2.41. The Morgan fingerprint density at radius 3 is 2.28 bits per heavy atom. The maximum Gasteiger partial charge on any atom is 0.254 e. The first-order chi connectivity index (χ1) is 13.9. The third-order valence-corrected chi connectivity index (χ3v) is 5.69. The van der Waals surface area contributed by atoms with Gasteiger partial charge in [-0.3, -0.25) is 9.59 Å². The van der Waals surface area contributed by atoms with E-state index in [0.717, 1.165) is 11.3 Å². The summed E-state index contributed by atoms with van der Waals surface area (Å²) in [5.74, 6) is 0.868. The molecule has 1 fully saturated rings. The van der Waals surface area contributed by atoms with Crippen LogP contribution >= 0.6 is 11.6 Å². The first-order valence-corrected chi connectivity index (χ1v) is 9.89. The normalized spacial score (nSPS) is 14.4. The number of rotatable bonds is 5. The van der Waals surface area contributed by atoms with Gasteiger partial charge in [-0.15, -0.1) is 0 Å². The molecule has 6 nitrogen and oxygen atoms in total. The number of carbonyl (C=O) groups excluding carboxylic acids is 2. The minimum atomic E-state index is -0.141. The second-order valence-electron chi connectivity index (χ2n) is 7.07. The molecule has 29 heavy (non-hydrogen) atoms. The Hall–Kier alpha value is -2.73. The molecule has 0 bridgehead atoms. The first kappa shape index (κ1) is 21.0. The van der Waals surface area contributed by atoms with Gasteiger partial charge in [0.25, 0.3) is 5.91 Å². The summed E-state index contributed by atoms with van der Waals surface area (Å²) in [4.78, 5) is 27.3. The van der Waals surface area contributed by atoms with Gasteiger partial charge in [0.15, 0.2) is 0 Å². The number of nitrogens with one attached hydrogen (secondary N) is 1. The summed E-state index contributed by atoms with van der Waals surface area (Å²) in [6.45, 7) is 2.91. The van der Waals surface area contributed by atoms with E-state index in [1.807, 2.05) is 19.1 Å². The Kier molecular flexibility index (Phi) is 6.64. The van der Waals surface area contributed by atoms with Crippen LogP contribution in [0.2, 0.25) is 5.02 Å². The summed E-state index contributed by atoms with van der Waals surface area (Å²) in [7, 11) is 3.10. The fourth-order valence-electron chi connectivity index (χ4n) is 3.44. The van der Waals surface area contributed by atoms with Gasteiger partial charge in [0.1, 0.15) is 11.5 Å². The van der Waals surface area contributed by atoms with Crippen LogP contribution in [0.15, 0.2) is 36.4 Å². The number of hydrogen-bond donors (Lipinski definition) is 1. The average Bonchev–Trinajstić information content (AvgIpc) is 2.76. The molecule has 0 spiro atoms. The highest BCUT2D eigenvalue weighted by molar-refractivity contribution is 6.31. The lowest BCUT2D eigenvalue weighted by atomic mass is 9.95. The zero-order chi connectivity index (χ0) is 21.0. The molecule has 0 aromatic heterocycles. The van der Waals surface area contributed by atoms with Crippen molar-refractivity contribution in [1.82, 2.24) is 4.90 Å². The van der Waals surface area contributed by atoms with Crippen molar-refractivity contribution in [3.05, 3.63) is 52.5 Å². The zero-order valence-corrected chi connectivity index (χ0v) is 17.6. The topological polar surface area (TPSA) is 67.9 Å². The largest absolute Gasteiger partial charge is 0.497 e. The Balaban J connectivity index is 1.62. The third kappa shape index (κ3) is 4.82. The van der Waals surface area contributed by atoms with E-state index in [4.69, 9.17) is 21.1 Å². The number of benzene rings is 2. The molecular weight excluding hydrogens is 392 g/mol. The van der Waals surface area contributed by atoms with Crippen LogP contribution in [0.4, 0.5) is 5.69 Å².